The van der Waals surface area contributed by atoms with Gasteiger partial charge in [0, 0.05) is 12.1 Å². The zero-order valence-electron chi connectivity index (χ0n) is 15.9. The smallest absolute Gasteiger partial charge is 0.251 e. The van der Waals surface area contributed by atoms with Gasteiger partial charge >= 0.3 is 0 Å². The van der Waals surface area contributed by atoms with Crippen LogP contribution in [-0.4, -0.2) is 44.4 Å². The lowest BCUT2D eigenvalue weighted by Gasteiger charge is -2.26. The van der Waals surface area contributed by atoms with E-state index >= 15 is 0 Å². The number of methoxy groups -OCH3 is 2. The number of carbonyl (C=O) groups is 1. The standard InChI is InChI=1S/C20H29NO4/c1-6-7-11-21-19(22)14(2)15(3)20(21)25-12-10-16-8-9-17(23-4)18(13-16)24-5/h8-9,13,20H,6-7,10-12H2,1-5H3/t20-/m1/s1. The Labute approximate surface area is 150 Å². The van der Waals surface area contributed by atoms with Gasteiger partial charge in [0.25, 0.3) is 5.91 Å². The molecule has 5 heteroatoms. The van der Waals surface area contributed by atoms with Crippen LogP contribution in [0.3, 0.4) is 0 Å². The Morgan fingerprint density at radius 1 is 1.12 bits per heavy atom. The summed E-state index contributed by atoms with van der Waals surface area (Å²) in [6.07, 6.45) is 2.56. The summed E-state index contributed by atoms with van der Waals surface area (Å²) in [6, 6.07) is 5.87. The third-order valence-electron chi connectivity index (χ3n) is 4.69. The molecule has 0 aromatic heterocycles. The van der Waals surface area contributed by atoms with Crippen molar-refractivity contribution in [3.05, 3.63) is 34.9 Å². The van der Waals surface area contributed by atoms with Crippen molar-refractivity contribution in [1.82, 2.24) is 4.90 Å². The minimum atomic E-state index is -0.237. The number of ether oxygens (including phenoxy) is 3. The summed E-state index contributed by atoms with van der Waals surface area (Å²) >= 11 is 0. The molecule has 1 aromatic carbocycles. The molecule has 0 radical (unpaired) electrons. The summed E-state index contributed by atoms with van der Waals surface area (Å²) in [5, 5.41) is 0. The van der Waals surface area contributed by atoms with Crippen LogP contribution in [0.2, 0.25) is 0 Å². The van der Waals surface area contributed by atoms with E-state index in [1.165, 1.54) is 0 Å². The van der Waals surface area contributed by atoms with Gasteiger partial charge in [0.1, 0.15) is 0 Å². The van der Waals surface area contributed by atoms with E-state index in [0.29, 0.717) is 18.1 Å². The monoisotopic (exact) mass is 347 g/mol. The van der Waals surface area contributed by atoms with Gasteiger partial charge in [-0.2, -0.15) is 0 Å². The molecule has 0 spiro atoms. The molecule has 1 atom stereocenters. The van der Waals surface area contributed by atoms with E-state index in [2.05, 4.69) is 6.92 Å². The number of hydrogen-bond acceptors (Lipinski definition) is 4. The van der Waals surface area contributed by atoms with E-state index in [1.807, 2.05) is 36.9 Å². The van der Waals surface area contributed by atoms with Gasteiger partial charge in [-0.05, 0) is 50.0 Å². The molecule has 0 aliphatic carbocycles. The predicted molar refractivity (Wildman–Crippen MR) is 98.0 cm³/mol. The van der Waals surface area contributed by atoms with Gasteiger partial charge in [0.05, 0.1) is 20.8 Å². The van der Waals surface area contributed by atoms with Gasteiger partial charge in [-0.15, -0.1) is 0 Å². The first-order chi connectivity index (χ1) is 12.0. The van der Waals surface area contributed by atoms with Crippen LogP contribution in [0.1, 0.15) is 39.2 Å². The molecule has 1 amide bonds. The van der Waals surface area contributed by atoms with E-state index < -0.39 is 0 Å². The van der Waals surface area contributed by atoms with E-state index in [4.69, 9.17) is 14.2 Å². The van der Waals surface area contributed by atoms with Crippen LogP contribution >= 0.6 is 0 Å². The highest BCUT2D eigenvalue weighted by Crippen LogP contribution is 2.29. The number of benzene rings is 1. The minimum absolute atomic E-state index is 0.0991. The largest absolute Gasteiger partial charge is 0.493 e. The van der Waals surface area contributed by atoms with Crippen LogP contribution in [0.15, 0.2) is 29.3 Å². The number of rotatable bonds is 9. The van der Waals surface area contributed by atoms with Crippen molar-refractivity contribution in [2.24, 2.45) is 0 Å². The molecule has 138 valence electrons. The molecule has 0 fully saturated rings. The molecule has 1 heterocycles. The van der Waals surface area contributed by atoms with Crippen molar-refractivity contribution in [2.75, 3.05) is 27.4 Å². The molecule has 5 nitrogen and oxygen atoms in total. The summed E-state index contributed by atoms with van der Waals surface area (Å²) in [6.45, 7) is 7.28. The lowest BCUT2D eigenvalue weighted by molar-refractivity contribution is -0.135. The van der Waals surface area contributed by atoms with Crippen molar-refractivity contribution in [1.29, 1.82) is 0 Å². The van der Waals surface area contributed by atoms with E-state index in [1.54, 1.807) is 14.2 Å². The van der Waals surface area contributed by atoms with Gasteiger partial charge in [-0.25, -0.2) is 0 Å². The molecule has 0 saturated heterocycles. The molecule has 1 aliphatic rings. The highest BCUT2D eigenvalue weighted by molar-refractivity contribution is 5.96. The third kappa shape index (κ3) is 4.34. The summed E-state index contributed by atoms with van der Waals surface area (Å²) in [5.74, 6) is 1.53. The first-order valence-electron chi connectivity index (χ1n) is 8.84. The first kappa shape index (κ1) is 19.3. The lowest BCUT2D eigenvalue weighted by atomic mass is 10.1. The zero-order chi connectivity index (χ0) is 18.4. The number of nitrogens with zero attached hydrogens (tertiary/aromatic N) is 1. The zero-order valence-corrected chi connectivity index (χ0v) is 15.9. The molecule has 1 aromatic rings. The number of hydrogen-bond donors (Lipinski definition) is 0. The summed E-state index contributed by atoms with van der Waals surface area (Å²) < 4.78 is 16.7. The van der Waals surface area contributed by atoms with Crippen LogP contribution in [0.25, 0.3) is 0 Å². The molecule has 0 bridgehead atoms. The molecule has 0 unspecified atom stereocenters. The topological polar surface area (TPSA) is 48.0 Å². The second-order valence-electron chi connectivity index (χ2n) is 6.32. The molecular weight excluding hydrogens is 318 g/mol. The van der Waals surface area contributed by atoms with Gasteiger partial charge < -0.3 is 19.1 Å². The lowest BCUT2D eigenvalue weighted by Crippen LogP contribution is -2.38. The second-order valence-corrected chi connectivity index (χ2v) is 6.32. The Kier molecular flexibility index (Phi) is 6.88. The van der Waals surface area contributed by atoms with Crippen LogP contribution in [0.4, 0.5) is 0 Å². The van der Waals surface area contributed by atoms with Crippen LogP contribution < -0.4 is 9.47 Å². The van der Waals surface area contributed by atoms with Gasteiger partial charge in [-0.3, -0.25) is 4.79 Å². The van der Waals surface area contributed by atoms with Gasteiger partial charge in [0.15, 0.2) is 17.7 Å². The second kappa shape index (κ2) is 8.90. The van der Waals surface area contributed by atoms with Crippen molar-refractivity contribution in [3.63, 3.8) is 0 Å². The summed E-state index contributed by atoms with van der Waals surface area (Å²) in [7, 11) is 3.25. The van der Waals surface area contributed by atoms with Crippen LogP contribution in [0, 0.1) is 0 Å². The summed E-state index contributed by atoms with van der Waals surface area (Å²) in [4.78, 5) is 14.2. The first-order valence-corrected chi connectivity index (χ1v) is 8.84. The highest BCUT2D eigenvalue weighted by Gasteiger charge is 2.34. The normalized spacial score (nSPS) is 17.4. The highest BCUT2D eigenvalue weighted by atomic mass is 16.5. The van der Waals surface area contributed by atoms with E-state index in [-0.39, 0.29) is 12.1 Å². The Bertz CT molecular complexity index is 639. The van der Waals surface area contributed by atoms with Gasteiger partial charge in [0.2, 0.25) is 0 Å². The van der Waals surface area contributed by atoms with Crippen molar-refractivity contribution >= 4 is 5.91 Å². The quantitative estimate of drug-likeness (QED) is 0.685. The average Bonchev–Trinajstić information content (AvgIpc) is 2.83. The summed E-state index contributed by atoms with van der Waals surface area (Å²) in [5.41, 5.74) is 2.95. The van der Waals surface area contributed by atoms with Crippen LogP contribution in [-0.2, 0) is 16.0 Å². The van der Waals surface area contributed by atoms with Crippen LogP contribution in [0.5, 0.6) is 11.5 Å². The van der Waals surface area contributed by atoms with E-state index in [9.17, 15) is 4.79 Å². The van der Waals surface area contributed by atoms with Crippen molar-refractivity contribution in [2.45, 2.75) is 46.3 Å². The predicted octanol–water partition coefficient (Wildman–Crippen LogP) is 3.57. The fourth-order valence-electron chi connectivity index (χ4n) is 3.00. The molecule has 25 heavy (non-hydrogen) atoms. The van der Waals surface area contributed by atoms with Crippen molar-refractivity contribution in [3.8, 4) is 11.5 Å². The van der Waals surface area contributed by atoms with E-state index in [0.717, 1.165) is 42.5 Å². The maximum atomic E-state index is 12.4. The average molecular weight is 347 g/mol. The van der Waals surface area contributed by atoms with Gasteiger partial charge in [-0.1, -0.05) is 19.4 Å². The fourth-order valence-corrected chi connectivity index (χ4v) is 3.00. The SMILES string of the molecule is CCCCN1C(=O)C(C)=C(C)[C@H]1OCCc1ccc(OC)c(OC)c1. The molecule has 0 N–H and O–H groups in total. The molecule has 1 aliphatic heterocycles. The number of carbonyl (C=O) groups excluding carboxylic acids is 1. The minimum Gasteiger partial charge on any atom is -0.493 e. The fraction of sp³-hybridized carbons (Fsp3) is 0.550. The number of amides is 1. The Hall–Kier alpha value is -2.01. The number of unbranched alkanes of at least 4 members (excludes halogenated alkanes) is 1. The Morgan fingerprint density at radius 3 is 2.48 bits per heavy atom. The molecule has 2 rings (SSSR count). The van der Waals surface area contributed by atoms with Crippen molar-refractivity contribution < 1.29 is 19.0 Å². The maximum absolute atomic E-state index is 12.4. The Balaban J connectivity index is 1.98. The Morgan fingerprint density at radius 2 is 1.84 bits per heavy atom. The molecule has 0 saturated carbocycles. The third-order valence-corrected chi connectivity index (χ3v) is 4.69. The maximum Gasteiger partial charge on any atom is 0.251 e. The molecular formula is C20H29NO4.